The molecular formula is C22H24ClN3O3. The summed E-state index contributed by atoms with van der Waals surface area (Å²) < 4.78 is 0. The monoisotopic (exact) mass is 413 g/mol. The number of aliphatic hydroxyl groups excluding tert-OH is 1. The van der Waals surface area contributed by atoms with Crippen LogP contribution >= 0.6 is 11.6 Å². The summed E-state index contributed by atoms with van der Waals surface area (Å²) in [6.45, 7) is 6.82. The van der Waals surface area contributed by atoms with E-state index in [0.717, 1.165) is 13.1 Å². The van der Waals surface area contributed by atoms with Crippen molar-refractivity contribution in [3.05, 3.63) is 70.5 Å². The van der Waals surface area contributed by atoms with Gasteiger partial charge < -0.3 is 14.9 Å². The van der Waals surface area contributed by atoms with Crippen LogP contribution in [0.4, 0.5) is 0 Å². The van der Waals surface area contributed by atoms with Crippen molar-refractivity contribution in [1.29, 1.82) is 0 Å². The van der Waals surface area contributed by atoms with Crippen LogP contribution in [0, 0.1) is 0 Å². The molecule has 2 aromatic rings. The summed E-state index contributed by atoms with van der Waals surface area (Å²) in [6.07, 6.45) is 3.25. The number of nitrogens with zero attached hydrogens (tertiary/aromatic N) is 3. The molecule has 1 saturated heterocycles. The lowest BCUT2D eigenvalue weighted by atomic mass is 9.96. The van der Waals surface area contributed by atoms with Crippen molar-refractivity contribution < 1.29 is 14.7 Å². The molecule has 1 aromatic carbocycles. The molecule has 1 aliphatic rings. The van der Waals surface area contributed by atoms with Gasteiger partial charge in [0, 0.05) is 36.1 Å². The molecule has 0 bridgehead atoms. The molecule has 1 fully saturated rings. The van der Waals surface area contributed by atoms with Gasteiger partial charge in [0.05, 0.1) is 11.6 Å². The van der Waals surface area contributed by atoms with Crippen LogP contribution in [0.15, 0.2) is 54.4 Å². The number of carbonyl (C=O) groups excluding carboxylic acids is 2. The van der Waals surface area contributed by atoms with E-state index in [4.69, 9.17) is 11.6 Å². The van der Waals surface area contributed by atoms with Gasteiger partial charge in [0.25, 0.3) is 11.7 Å². The van der Waals surface area contributed by atoms with Crippen LogP contribution in [0.3, 0.4) is 0 Å². The van der Waals surface area contributed by atoms with Gasteiger partial charge in [-0.1, -0.05) is 31.5 Å². The standard InChI is InChI=1S/C22H24ClN3O3/c1-3-25(4-2)12-13-26-19(16-6-5-11-24-14-16)18(21(28)22(26)29)20(27)15-7-9-17(23)10-8-15/h5-11,14,19,27H,3-4,12-13H2,1-2H3/b20-18+/t19-/m1/s1. The van der Waals surface area contributed by atoms with Gasteiger partial charge in [-0.25, -0.2) is 0 Å². The van der Waals surface area contributed by atoms with Crippen molar-refractivity contribution in [3.63, 3.8) is 0 Å². The third kappa shape index (κ3) is 4.33. The van der Waals surface area contributed by atoms with Gasteiger partial charge in [0.1, 0.15) is 5.76 Å². The lowest BCUT2D eigenvalue weighted by molar-refractivity contribution is -0.140. The zero-order valence-electron chi connectivity index (χ0n) is 16.5. The van der Waals surface area contributed by atoms with Crippen LogP contribution in [0.2, 0.25) is 5.02 Å². The van der Waals surface area contributed by atoms with Crippen molar-refractivity contribution in [2.75, 3.05) is 26.2 Å². The summed E-state index contributed by atoms with van der Waals surface area (Å²) in [5.74, 6) is -1.51. The number of aliphatic hydroxyl groups is 1. The van der Waals surface area contributed by atoms with Gasteiger partial charge in [-0.15, -0.1) is 0 Å². The molecule has 152 valence electrons. The molecule has 6 nitrogen and oxygen atoms in total. The zero-order chi connectivity index (χ0) is 21.0. The van der Waals surface area contributed by atoms with Crippen LogP contribution in [-0.2, 0) is 9.59 Å². The fourth-order valence-corrected chi connectivity index (χ4v) is 3.67. The molecule has 1 aromatic heterocycles. The molecule has 0 saturated carbocycles. The van der Waals surface area contributed by atoms with Crippen LogP contribution < -0.4 is 0 Å². The van der Waals surface area contributed by atoms with E-state index in [9.17, 15) is 14.7 Å². The molecular weight excluding hydrogens is 390 g/mol. The number of likely N-dealkylation sites (tertiary alicyclic amines) is 1. The van der Waals surface area contributed by atoms with Crippen LogP contribution in [0.1, 0.15) is 31.0 Å². The number of carbonyl (C=O) groups is 2. The van der Waals surface area contributed by atoms with Gasteiger partial charge in [0.2, 0.25) is 0 Å². The van der Waals surface area contributed by atoms with Crippen LogP contribution in [0.5, 0.6) is 0 Å². The summed E-state index contributed by atoms with van der Waals surface area (Å²) >= 11 is 5.93. The number of rotatable bonds is 7. The Labute approximate surface area is 175 Å². The molecule has 2 heterocycles. The molecule has 1 N–H and O–H groups in total. The Hall–Kier alpha value is -2.70. The highest BCUT2D eigenvalue weighted by Crippen LogP contribution is 2.39. The summed E-state index contributed by atoms with van der Waals surface area (Å²) in [4.78, 5) is 33.6. The maximum atomic E-state index is 12.9. The van der Waals surface area contributed by atoms with Crippen molar-refractivity contribution >= 4 is 29.1 Å². The number of aromatic nitrogens is 1. The van der Waals surface area contributed by atoms with E-state index in [1.54, 1.807) is 42.7 Å². The molecule has 0 unspecified atom stereocenters. The fourth-order valence-electron chi connectivity index (χ4n) is 3.55. The third-order valence-electron chi connectivity index (χ3n) is 5.21. The second kappa shape index (κ2) is 9.20. The van der Waals surface area contributed by atoms with Gasteiger partial charge in [-0.05, 0) is 49.0 Å². The third-order valence-corrected chi connectivity index (χ3v) is 5.46. The second-order valence-electron chi connectivity index (χ2n) is 6.81. The molecule has 1 aliphatic heterocycles. The molecule has 7 heteroatoms. The highest BCUT2D eigenvalue weighted by atomic mass is 35.5. The number of Topliss-reactive ketones (excluding diaryl/α,β-unsaturated/α-hetero) is 1. The minimum Gasteiger partial charge on any atom is -0.507 e. The Bertz CT molecular complexity index is 909. The minimum absolute atomic E-state index is 0.0740. The van der Waals surface area contributed by atoms with E-state index in [0.29, 0.717) is 29.2 Å². The first-order valence-electron chi connectivity index (χ1n) is 9.64. The highest BCUT2D eigenvalue weighted by Gasteiger charge is 2.46. The Morgan fingerprint density at radius 3 is 2.45 bits per heavy atom. The predicted octanol–water partition coefficient (Wildman–Crippen LogP) is 3.50. The number of halogens is 1. The van der Waals surface area contributed by atoms with E-state index in [2.05, 4.69) is 23.7 Å². The Morgan fingerprint density at radius 1 is 1.17 bits per heavy atom. The first kappa shape index (κ1) is 21.0. The van der Waals surface area contributed by atoms with Gasteiger partial charge >= 0.3 is 0 Å². The average molecular weight is 414 g/mol. The summed E-state index contributed by atoms with van der Waals surface area (Å²) in [7, 11) is 0. The van der Waals surface area contributed by atoms with E-state index in [-0.39, 0.29) is 11.3 Å². The maximum absolute atomic E-state index is 12.9. The zero-order valence-corrected chi connectivity index (χ0v) is 17.3. The lowest BCUT2D eigenvalue weighted by Gasteiger charge is -2.28. The lowest BCUT2D eigenvalue weighted by Crippen LogP contribution is -2.38. The number of pyridine rings is 1. The molecule has 29 heavy (non-hydrogen) atoms. The van der Waals surface area contributed by atoms with Gasteiger partial charge in [-0.3, -0.25) is 14.6 Å². The summed E-state index contributed by atoms with van der Waals surface area (Å²) in [5.41, 5.74) is 1.19. The average Bonchev–Trinajstić information content (AvgIpc) is 3.00. The van der Waals surface area contributed by atoms with E-state index in [1.165, 1.54) is 4.90 Å². The number of benzene rings is 1. The van der Waals surface area contributed by atoms with Crippen molar-refractivity contribution in [2.45, 2.75) is 19.9 Å². The Balaban J connectivity index is 2.06. The van der Waals surface area contributed by atoms with Crippen molar-refractivity contribution in [2.24, 2.45) is 0 Å². The van der Waals surface area contributed by atoms with E-state index in [1.807, 2.05) is 6.07 Å². The second-order valence-corrected chi connectivity index (χ2v) is 7.25. The Kier molecular flexibility index (Phi) is 6.67. The topological polar surface area (TPSA) is 73.7 Å². The molecule has 1 amide bonds. The predicted molar refractivity (Wildman–Crippen MR) is 112 cm³/mol. The SMILES string of the molecule is CCN(CC)CCN1C(=O)C(=O)/C(=C(/O)c2ccc(Cl)cc2)[C@H]1c1cccnc1. The number of ketones is 1. The van der Waals surface area contributed by atoms with Crippen molar-refractivity contribution in [3.8, 4) is 0 Å². The first-order valence-corrected chi connectivity index (χ1v) is 10.0. The number of likely N-dealkylation sites (N-methyl/N-ethyl adjacent to an activating group) is 1. The summed E-state index contributed by atoms with van der Waals surface area (Å²) in [6, 6.07) is 9.39. The smallest absolute Gasteiger partial charge is 0.295 e. The number of amides is 1. The number of hydrogen-bond donors (Lipinski definition) is 1. The fraction of sp³-hybridized carbons (Fsp3) is 0.318. The van der Waals surface area contributed by atoms with Crippen LogP contribution in [0.25, 0.3) is 5.76 Å². The number of hydrogen-bond acceptors (Lipinski definition) is 5. The minimum atomic E-state index is -0.689. The Morgan fingerprint density at radius 2 is 1.86 bits per heavy atom. The molecule has 0 spiro atoms. The van der Waals surface area contributed by atoms with E-state index < -0.39 is 17.7 Å². The quantitative estimate of drug-likeness (QED) is 0.427. The van der Waals surface area contributed by atoms with E-state index >= 15 is 0 Å². The highest BCUT2D eigenvalue weighted by molar-refractivity contribution is 6.46. The van der Waals surface area contributed by atoms with Crippen molar-refractivity contribution in [1.82, 2.24) is 14.8 Å². The molecule has 0 aliphatic carbocycles. The van der Waals surface area contributed by atoms with Gasteiger partial charge in [-0.2, -0.15) is 0 Å². The molecule has 0 radical (unpaired) electrons. The largest absolute Gasteiger partial charge is 0.507 e. The maximum Gasteiger partial charge on any atom is 0.295 e. The normalized spacial score (nSPS) is 18.6. The molecule has 1 atom stereocenters. The van der Waals surface area contributed by atoms with Crippen LogP contribution in [-0.4, -0.2) is 57.8 Å². The first-order chi connectivity index (χ1) is 14.0. The van der Waals surface area contributed by atoms with Gasteiger partial charge in [0.15, 0.2) is 0 Å². The summed E-state index contributed by atoms with van der Waals surface area (Å²) in [5, 5.41) is 11.4. The molecule has 3 rings (SSSR count).